The second kappa shape index (κ2) is 13.7. The second-order valence-electron chi connectivity index (χ2n) is 10.3. The van der Waals surface area contributed by atoms with Crippen LogP contribution in [0.25, 0.3) is 0 Å². The number of anilines is 1. The molecule has 1 N–H and O–H groups in total. The summed E-state index contributed by atoms with van der Waals surface area (Å²) in [5.74, 6) is -0.739. The largest absolute Gasteiger partial charge is 0.352 e. The van der Waals surface area contributed by atoms with Crippen LogP contribution in [0, 0.1) is 6.92 Å². The summed E-state index contributed by atoms with van der Waals surface area (Å²) in [4.78, 5) is 29.2. The molecule has 0 aliphatic heterocycles. The quantitative estimate of drug-likeness (QED) is 0.272. The van der Waals surface area contributed by atoms with Crippen molar-refractivity contribution in [3.05, 3.63) is 94.0 Å². The Balaban J connectivity index is 1.72. The predicted molar refractivity (Wildman–Crippen MR) is 164 cm³/mol. The Hall–Kier alpha value is -3.07. The van der Waals surface area contributed by atoms with Crippen molar-refractivity contribution in [2.24, 2.45) is 0 Å². The van der Waals surface area contributed by atoms with Gasteiger partial charge in [0.25, 0.3) is 10.0 Å². The van der Waals surface area contributed by atoms with Crippen molar-refractivity contribution >= 4 is 50.7 Å². The number of rotatable bonds is 11. The van der Waals surface area contributed by atoms with E-state index < -0.39 is 28.5 Å². The standard InChI is InChI=1S/C31H35Cl2N3O4S/c1-3-29(31(38)34-24-9-7-8-10-24)35(20-23-15-13-22(2)14-16-23)30(37)21-36(25-17-18-27(32)28(33)19-25)41(39,40)26-11-5-4-6-12-26/h4-6,11-19,24,29H,3,7-10,20-21H2,1-2H3,(H,34,38). The van der Waals surface area contributed by atoms with E-state index in [4.69, 9.17) is 23.2 Å². The molecular formula is C31H35Cl2N3O4S. The molecule has 41 heavy (non-hydrogen) atoms. The average molecular weight is 617 g/mol. The van der Waals surface area contributed by atoms with E-state index in [9.17, 15) is 18.0 Å². The number of hydrogen-bond acceptors (Lipinski definition) is 4. The molecule has 1 fully saturated rings. The Morgan fingerprint density at radius 1 is 0.951 bits per heavy atom. The first-order valence-electron chi connectivity index (χ1n) is 13.8. The van der Waals surface area contributed by atoms with Crippen LogP contribution in [0.15, 0.2) is 77.7 Å². The lowest BCUT2D eigenvalue weighted by atomic mass is 10.1. The molecule has 4 rings (SSSR count). The summed E-state index contributed by atoms with van der Waals surface area (Å²) in [7, 11) is -4.18. The molecule has 10 heteroatoms. The number of nitrogens with one attached hydrogen (secondary N) is 1. The molecule has 1 aliphatic carbocycles. The molecule has 0 saturated heterocycles. The summed E-state index contributed by atoms with van der Waals surface area (Å²) in [5, 5.41) is 3.53. The highest BCUT2D eigenvalue weighted by Crippen LogP contribution is 2.31. The van der Waals surface area contributed by atoms with Gasteiger partial charge in [-0.1, -0.05) is 91.0 Å². The van der Waals surface area contributed by atoms with E-state index in [0.29, 0.717) is 6.42 Å². The number of hydrogen-bond donors (Lipinski definition) is 1. The highest BCUT2D eigenvalue weighted by Gasteiger charge is 2.34. The maximum Gasteiger partial charge on any atom is 0.264 e. The number of nitrogens with zero attached hydrogens (tertiary/aromatic N) is 2. The van der Waals surface area contributed by atoms with Gasteiger partial charge in [-0.3, -0.25) is 13.9 Å². The fourth-order valence-corrected chi connectivity index (χ4v) is 6.79. The lowest BCUT2D eigenvalue weighted by molar-refractivity contribution is -0.140. The smallest absolute Gasteiger partial charge is 0.264 e. The van der Waals surface area contributed by atoms with Crippen LogP contribution < -0.4 is 9.62 Å². The van der Waals surface area contributed by atoms with Crippen molar-refractivity contribution in [1.29, 1.82) is 0 Å². The van der Waals surface area contributed by atoms with Gasteiger partial charge in [0.15, 0.2) is 0 Å². The van der Waals surface area contributed by atoms with Gasteiger partial charge in [-0.25, -0.2) is 8.42 Å². The number of carbonyl (C=O) groups excluding carboxylic acids is 2. The molecule has 1 atom stereocenters. The molecule has 0 aromatic heterocycles. The fourth-order valence-electron chi connectivity index (χ4n) is 5.07. The van der Waals surface area contributed by atoms with Crippen LogP contribution in [0.3, 0.4) is 0 Å². The number of halogens is 2. The minimum atomic E-state index is -4.18. The van der Waals surface area contributed by atoms with E-state index >= 15 is 0 Å². The lowest BCUT2D eigenvalue weighted by Gasteiger charge is -2.34. The summed E-state index contributed by atoms with van der Waals surface area (Å²) in [6.07, 6.45) is 4.31. The maximum absolute atomic E-state index is 14.2. The molecule has 7 nitrogen and oxygen atoms in total. The zero-order valence-corrected chi connectivity index (χ0v) is 25.6. The van der Waals surface area contributed by atoms with Crippen molar-refractivity contribution < 1.29 is 18.0 Å². The van der Waals surface area contributed by atoms with Crippen molar-refractivity contribution in [3.8, 4) is 0 Å². The van der Waals surface area contributed by atoms with Crippen LogP contribution in [0.2, 0.25) is 10.0 Å². The zero-order chi connectivity index (χ0) is 29.6. The highest BCUT2D eigenvalue weighted by molar-refractivity contribution is 7.92. The van der Waals surface area contributed by atoms with Crippen LogP contribution in [0.5, 0.6) is 0 Å². The molecule has 3 aromatic carbocycles. The van der Waals surface area contributed by atoms with E-state index in [0.717, 1.165) is 41.1 Å². The van der Waals surface area contributed by atoms with Gasteiger partial charge in [0.2, 0.25) is 11.8 Å². The average Bonchev–Trinajstić information content (AvgIpc) is 3.47. The summed E-state index contributed by atoms with van der Waals surface area (Å²) >= 11 is 12.4. The van der Waals surface area contributed by atoms with Gasteiger partial charge in [-0.15, -0.1) is 0 Å². The molecule has 2 amide bonds. The van der Waals surface area contributed by atoms with Gasteiger partial charge < -0.3 is 10.2 Å². The van der Waals surface area contributed by atoms with E-state index in [1.807, 2.05) is 38.1 Å². The van der Waals surface area contributed by atoms with Gasteiger partial charge in [0.1, 0.15) is 12.6 Å². The monoisotopic (exact) mass is 615 g/mol. The zero-order valence-electron chi connectivity index (χ0n) is 23.2. The van der Waals surface area contributed by atoms with Crippen LogP contribution in [0.4, 0.5) is 5.69 Å². The second-order valence-corrected chi connectivity index (χ2v) is 13.0. The van der Waals surface area contributed by atoms with Crippen molar-refractivity contribution in [2.45, 2.75) is 69.5 Å². The first-order valence-corrected chi connectivity index (χ1v) is 16.0. The molecular weight excluding hydrogens is 581 g/mol. The number of benzene rings is 3. The minimum absolute atomic E-state index is 0.0231. The van der Waals surface area contributed by atoms with Crippen LogP contribution >= 0.6 is 23.2 Å². The van der Waals surface area contributed by atoms with Gasteiger partial charge in [0.05, 0.1) is 20.6 Å². The third-order valence-electron chi connectivity index (χ3n) is 7.36. The normalized spacial score (nSPS) is 14.4. The summed E-state index contributed by atoms with van der Waals surface area (Å²) in [6.45, 7) is 3.44. The van der Waals surface area contributed by atoms with E-state index in [2.05, 4.69) is 5.32 Å². The Morgan fingerprint density at radius 3 is 2.22 bits per heavy atom. The molecule has 0 radical (unpaired) electrons. The predicted octanol–water partition coefficient (Wildman–Crippen LogP) is 6.36. The Kier molecular flexibility index (Phi) is 10.3. The van der Waals surface area contributed by atoms with E-state index in [1.165, 1.54) is 35.2 Å². The molecule has 0 heterocycles. The highest BCUT2D eigenvalue weighted by atomic mass is 35.5. The fraction of sp³-hybridized carbons (Fsp3) is 0.355. The van der Waals surface area contributed by atoms with Crippen molar-refractivity contribution in [3.63, 3.8) is 0 Å². The number of sulfonamides is 1. The Morgan fingerprint density at radius 2 is 1.61 bits per heavy atom. The number of carbonyl (C=O) groups is 2. The Bertz CT molecular complexity index is 1460. The van der Waals surface area contributed by atoms with Gasteiger partial charge in [-0.05, 0) is 62.1 Å². The van der Waals surface area contributed by atoms with Gasteiger partial charge in [-0.2, -0.15) is 0 Å². The molecule has 1 saturated carbocycles. The summed E-state index contributed by atoms with van der Waals surface area (Å²) in [6, 6.07) is 19.3. The van der Waals surface area contributed by atoms with Crippen molar-refractivity contribution in [2.75, 3.05) is 10.8 Å². The van der Waals surface area contributed by atoms with Crippen molar-refractivity contribution in [1.82, 2.24) is 10.2 Å². The maximum atomic E-state index is 14.2. The summed E-state index contributed by atoms with van der Waals surface area (Å²) < 4.78 is 28.8. The topological polar surface area (TPSA) is 86.8 Å². The molecule has 1 unspecified atom stereocenters. The minimum Gasteiger partial charge on any atom is -0.352 e. The first-order chi connectivity index (χ1) is 19.6. The first kappa shape index (κ1) is 30.9. The molecule has 3 aromatic rings. The molecule has 218 valence electrons. The lowest BCUT2D eigenvalue weighted by Crippen LogP contribution is -2.53. The number of amides is 2. The Labute approximate surface area is 252 Å². The van der Waals surface area contributed by atoms with Crippen LogP contribution in [0.1, 0.15) is 50.2 Å². The molecule has 1 aliphatic rings. The van der Waals surface area contributed by atoms with E-state index in [1.54, 1.807) is 18.2 Å². The number of aryl methyl sites for hydroxylation is 1. The van der Waals surface area contributed by atoms with Crippen LogP contribution in [-0.2, 0) is 26.2 Å². The molecule has 0 spiro atoms. The summed E-state index contributed by atoms with van der Waals surface area (Å²) in [5.41, 5.74) is 2.09. The van der Waals surface area contributed by atoms with E-state index in [-0.39, 0.29) is 39.1 Å². The van der Waals surface area contributed by atoms with Crippen LogP contribution in [-0.4, -0.2) is 43.8 Å². The SMILES string of the molecule is CCC(C(=O)NC1CCCC1)N(Cc1ccc(C)cc1)C(=O)CN(c1ccc(Cl)c(Cl)c1)S(=O)(=O)c1ccccc1. The van der Waals surface area contributed by atoms with Gasteiger partial charge in [0, 0.05) is 12.6 Å². The molecule has 0 bridgehead atoms. The third-order valence-corrected chi connectivity index (χ3v) is 9.89. The van der Waals surface area contributed by atoms with Gasteiger partial charge >= 0.3 is 0 Å². The third kappa shape index (κ3) is 7.61.